The molecule has 3 rings (SSSR count). The quantitative estimate of drug-likeness (QED) is 0.109. The first-order chi connectivity index (χ1) is 20.1. The van der Waals surface area contributed by atoms with Gasteiger partial charge in [0, 0.05) is 23.1 Å². The van der Waals surface area contributed by atoms with Crippen LogP contribution in [-0.2, 0) is 19.7 Å². The van der Waals surface area contributed by atoms with Gasteiger partial charge in [0.1, 0.15) is 5.02 Å². The molecule has 232 valence electrons. The molecule has 0 saturated heterocycles. The number of nitrogens with zero attached hydrogens (tertiary/aromatic N) is 3. The predicted molar refractivity (Wildman–Crippen MR) is 171 cm³/mol. The molecule has 0 spiro atoms. The number of H-pyrrole nitrogens is 1. The maximum atomic E-state index is 12.5. The molecule has 0 bridgehead atoms. The largest absolute Gasteiger partial charge is 0.466 e. The molecule has 8 nitrogen and oxygen atoms in total. The molecular formula is C32H47Cl2N5O3. The number of rotatable bonds is 18. The number of carbonyl (C=O) groups is 2. The van der Waals surface area contributed by atoms with E-state index in [4.69, 9.17) is 27.9 Å². The van der Waals surface area contributed by atoms with Crippen LogP contribution in [0.4, 0.5) is 5.69 Å². The van der Waals surface area contributed by atoms with E-state index in [0.717, 1.165) is 18.5 Å². The number of carbonyl (C=O) groups excluding carboxylic acids is 2. The number of benzene rings is 1. The van der Waals surface area contributed by atoms with Gasteiger partial charge in [0.2, 0.25) is 5.91 Å². The number of nitrogens with one attached hydrogen (secondary N) is 2. The normalized spacial score (nSPS) is 11.8. The molecule has 3 aromatic rings. The molecule has 0 aliphatic heterocycles. The summed E-state index contributed by atoms with van der Waals surface area (Å²) in [6.45, 7) is 8.76. The van der Waals surface area contributed by atoms with Crippen LogP contribution in [-0.4, -0.2) is 38.3 Å². The second-order valence-corrected chi connectivity index (χ2v) is 12.9. The summed E-state index contributed by atoms with van der Waals surface area (Å²) in [6, 6.07) is 5.11. The first-order valence-corrected chi connectivity index (χ1v) is 16.3. The number of amides is 1. The van der Waals surface area contributed by atoms with E-state index >= 15 is 0 Å². The van der Waals surface area contributed by atoms with E-state index in [9.17, 15) is 9.59 Å². The van der Waals surface area contributed by atoms with Crippen LogP contribution in [0.5, 0.6) is 0 Å². The minimum atomic E-state index is -0.351. The first-order valence-electron chi connectivity index (χ1n) is 15.5. The van der Waals surface area contributed by atoms with E-state index in [0.29, 0.717) is 39.4 Å². The van der Waals surface area contributed by atoms with Crippen LogP contribution in [0.3, 0.4) is 0 Å². The minimum Gasteiger partial charge on any atom is -0.466 e. The summed E-state index contributed by atoms with van der Waals surface area (Å²) >= 11 is 13.0. The van der Waals surface area contributed by atoms with Crippen LogP contribution in [0.2, 0.25) is 10.0 Å². The van der Waals surface area contributed by atoms with Crippen molar-refractivity contribution in [3.63, 3.8) is 0 Å². The van der Waals surface area contributed by atoms with Gasteiger partial charge in [0.05, 0.1) is 23.7 Å². The third-order valence-corrected chi connectivity index (χ3v) is 7.96. The maximum Gasteiger partial charge on any atom is 0.306 e. The summed E-state index contributed by atoms with van der Waals surface area (Å²) in [4.78, 5) is 27.8. The van der Waals surface area contributed by atoms with Gasteiger partial charge in [-0.3, -0.25) is 9.59 Å². The Kier molecular flexibility index (Phi) is 13.6. The number of esters is 1. The van der Waals surface area contributed by atoms with Crippen molar-refractivity contribution in [2.75, 3.05) is 11.9 Å². The number of hydrogen-bond donors (Lipinski definition) is 2. The van der Waals surface area contributed by atoms with Gasteiger partial charge >= 0.3 is 5.97 Å². The number of fused-ring (bicyclic) bond motifs is 1. The summed E-state index contributed by atoms with van der Waals surface area (Å²) in [5, 5.41) is 12.8. The molecule has 0 saturated carbocycles. The molecule has 1 amide bonds. The molecule has 1 aromatic carbocycles. The minimum absolute atomic E-state index is 0.0362. The summed E-state index contributed by atoms with van der Waals surface area (Å²) in [7, 11) is 0. The maximum absolute atomic E-state index is 12.5. The molecule has 0 radical (unpaired) electrons. The van der Waals surface area contributed by atoms with Crippen LogP contribution in [0.25, 0.3) is 17.0 Å². The fourth-order valence-corrected chi connectivity index (χ4v) is 5.47. The Labute approximate surface area is 260 Å². The summed E-state index contributed by atoms with van der Waals surface area (Å²) in [5.74, 6) is -0.157. The van der Waals surface area contributed by atoms with Gasteiger partial charge in [0.15, 0.2) is 11.5 Å². The van der Waals surface area contributed by atoms with Crippen LogP contribution in [0.1, 0.15) is 123 Å². The SMILES string of the molecule is CCCCCCCCCCCCCCOC(=O)CCC(=O)Nc1ccc(Cl)c(-c2nn3nc(C(C)(C)C)c(Cl)c3[nH]2)c1. The average molecular weight is 621 g/mol. The van der Waals surface area contributed by atoms with Gasteiger partial charge in [-0.05, 0) is 24.6 Å². The number of aromatic nitrogens is 4. The molecule has 42 heavy (non-hydrogen) atoms. The fourth-order valence-electron chi connectivity index (χ4n) is 4.82. The van der Waals surface area contributed by atoms with Crippen LogP contribution in [0.15, 0.2) is 18.2 Å². The Morgan fingerprint density at radius 1 is 0.905 bits per heavy atom. The fraction of sp³-hybridized carbons (Fsp3) is 0.625. The topological polar surface area (TPSA) is 101 Å². The van der Waals surface area contributed by atoms with Crippen molar-refractivity contribution in [1.29, 1.82) is 0 Å². The number of aromatic amines is 1. The summed E-state index contributed by atoms with van der Waals surface area (Å²) in [6.07, 6.45) is 15.2. The monoisotopic (exact) mass is 619 g/mol. The van der Waals surface area contributed by atoms with E-state index in [1.54, 1.807) is 18.2 Å². The van der Waals surface area contributed by atoms with Crippen LogP contribution >= 0.6 is 23.2 Å². The van der Waals surface area contributed by atoms with Gasteiger partial charge in [0.25, 0.3) is 0 Å². The standard InChI is InChI=1S/C32H47Cl2N5O3/c1-5-6-7-8-9-10-11-12-13-14-15-16-21-42-27(41)20-19-26(40)35-23-17-18-25(33)24(22-23)30-36-31-28(34)29(32(2,3)4)37-39(31)38-30/h17-18,22H,5-16,19-21H2,1-4H3,(H,35,40)(H,36,38). The van der Waals surface area contributed by atoms with E-state index in [-0.39, 0.29) is 30.1 Å². The highest BCUT2D eigenvalue weighted by Gasteiger charge is 2.25. The zero-order valence-corrected chi connectivity index (χ0v) is 27.2. The molecule has 0 aliphatic carbocycles. The van der Waals surface area contributed by atoms with Crippen molar-refractivity contribution in [2.45, 2.75) is 123 Å². The Hall–Kier alpha value is -2.58. The second-order valence-electron chi connectivity index (χ2n) is 12.1. The lowest BCUT2D eigenvalue weighted by Crippen LogP contribution is -2.15. The molecule has 2 heterocycles. The number of anilines is 1. The second kappa shape index (κ2) is 16.9. The molecule has 0 atom stereocenters. The van der Waals surface area contributed by atoms with E-state index in [2.05, 4.69) is 27.4 Å². The highest BCUT2D eigenvalue weighted by molar-refractivity contribution is 6.34. The zero-order chi connectivity index (χ0) is 30.5. The highest BCUT2D eigenvalue weighted by Crippen LogP contribution is 2.34. The number of halogens is 2. The molecule has 10 heteroatoms. The predicted octanol–water partition coefficient (Wildman–Crippen LogP) is 9.29. The average Bonchev–Trinajstić information content (AvgIpc) is 3.50. The van der Waals surface area contributed by atoms with Gasteiger partial charge < -0.3 is 15.0 Å². The van der Waals surface area contributed by atoms with Gasteiger partial charge in [-0.2, -0.15) is 5.10 Å². The molecule has 0 aliphatic rings. The summed E-state index contributed by atoms with van der Waals surface area (Å²) < 4.78 is 6.78. The summed E-state index contributed by atoms with van der Waals surface area (Å²) in [5.41, 5.74) is 2.22. The Balaban J connectivity index is 1.34. The third-order valence-electron chi connectivity index (χ3n) is 7.27. The molecule has 0 fully saturated rings. The van der Waals surface area contributed by atoms with Crippen molar-refractivity contribution in [1.82, 2.24) is 19.8 Å². The molecular weight excluding hydrogens is 573 g/mol. The third kappa shape index (κ3) is 10.6. The van der Waals surface area contributed by atoms with E-state index in [1.165, 1.54) is 68.8 Å². The smallest absolute Gasteiger partial charge is 0.306 e. The van der Waals surface area contributed by atoms with Crippen molar-refractivity contribution in [2.24, 2.45) is 0 Å². The Morgan fingerprint density at radius 3 is 2.12 bits per heavy atom. The first kappa shape index (κ1) is 33.9. The number of ether oxygens (including phenoxy) is 1. The Morgan fingerprint density at radius 2 is 1.52 bits per heavy atom. The number of hydrogen-bond acceptors (Lipinski definition) is 5. The lowest BCUT2D eigenvalue weighted by atomic mass is 9.92. The zero-order valence-electron chi connectivity index (χ0n) is 25.7. The highest BCUT2D eigenvalue weighted by atomic mass is 35.5. The lowest BCUT2D eigenvalue weighted by Gasteiger charge is -2.14. The van der Waals surface area contributed by atoms with Gasteiger partial charge in [-0.1, -0.05) is 122 Å². The van der Waals surface area contributed by atoms with Crippen LogP contribution < -0.4 is 5.32 Å². The lowest BCUT2D eigenvalue weighted by molar-refractivity contribution is -0.144. The Bertz CT molecular complexity index is 1300. The molecule has 0 unspecified atom stereocenters. The van der Waals surface area contributed by atoms with Crippen molar-refractivity contribution in [3.05, 3.63) is 33.9 Å². The van der Waals surface area contributed by atoms with Gasteiger partial charge in [-0.15, -0.1) is 9.73 Å². The van der Waals surface area contributed by atoms with Crippen LogP contribution in [0, 0.1) is 0 Å². The van der Waals surface area contributed by atoms with Crippen molar-refractivity contribution < 1.29 is 14.3 Å². The molecule has 2 N–H and O–H groups in total. The number of unbranched alkanes of at least 4 members (excludes halogenated alkanes) is 11. The van der Waals surface area contributed by atoms with Gasteiger partial charge in [-0.25, -0.2) is 0 Å². The van der Waals surface area contributed by atoms with Crippen molar-refractivity contribution >= 4 is 46.4 Å². The van der Waals surface area contributed by atoms with Crippen molar-refractivity contribution in [3.8, 4) is 11.4 Å². The van der Waals surface area contributed by atoms with E-state index in [1.807, 2.05) is 20.8 Å². The van der Waals surface area contributed by atoms with E-state index < -0.39 is 0 Å². The molecule has 2 aromatic heterocycles.